The molecule has 0 aromatic heterocycles. The third-order valence-corrected chi connectivity index (χ3v) is 4.26. The first-order chi connectivity index (χ1) is 10.1. The van der Waals surface area contributed by atoms with Crippen LogP contribution in [0.3, 0.4) is 0 Å². The molecule has 116 valence electrons. The van der Waals surface area contributed by atoms with E-state index in [-0.39, 0.29) is 12.1 Å². The summed E-state index contributed by atoms with van der Waals surface area (Å²) in [6.45, 7) is 4.25. The number of anilines is 1. The second-order valence-electron chi connectivity index (χ2n) is 5.60. The highest BCUT2D eigenvalue weighted by Crippen LogP contribution is 2.35. The van der Waals surface area contributed by atoms with Crippen LogP contribution in [-0.4, -0.2) is 31.3 Å². The molecule has 21 heavy (non-hydrogen) atoms. The van der Waals surface area contributed by atoms with Gasteiger partial charge >= 0.3 is 5.97 Å². The molecule has 2 rings (SSSR count). The maximum atomic E-state index is 12.6. The Kier molecular flexibility index (Phi) is 5.23. The molecular weight excluding hydrogens is 266 g/mol. The highest BCUT2D eigenvalue weighted by atomic mass is 16.5. The number of hydrogen-bond donors (Lipinski definition) is 1. The Morgan fingerprint density at radius 1 is 1.38 bits per heavy atom. The number of carbonyl (C=O) groups is 1. The van der Waals surface area contributed by atoms with Crippen LogP contribution in [-0.2, 0) is 14.3 Å². The molecule has 1 aromatic carbocycles. The lowest BCUT2D eigenvalue weighted by molar-refractivity contribution is -0.156. The molecule has 1 aliphatic carbocycles. The molecule has 2 unspecified atom stereocenters. The van der Waals surface area contributed by atoms with E-state index in [2.05, 4.69) is 5.32 Å². The molecule has 1 aliphatic rings. The average Bonchev–Trinajstić information content (AvgIpc) is 2.50. The number of carbonyl (C=O) groups excluding carboxylic acids is 1. The zero-order chi connectivity index (χ0) is 15.3. The lowest BCUT2D eigenvalue weighted by Crippen LogP contribution is -2.58. The second kappa shape index (κ2) is 6.94. The fourth-order valence-corrected chi connectivity index (χ4v) is 3.10. The molecule has 0 aliphatic heterocycles. The van der Waals surface area contributed by atoms with Gasteiger partial charge in [0.1, 0.15) is 0 Å². The molecule has 0 bridgehead atoms. The van der Waals surface area contributed by atoms with E-state index < -0.39 is 5.54 Å². The van der Waals surface area contributed by atoms with Crippen molar-refractivity contribution in [3.63, 3.8) is 0 Å². The zero-order valence-corrected chi connectivity index (χ0v) is 13.1. The molecule has 2 atom stereocenters. The van der Waals surface area contributed by atoms with Gasteiger partial charge < -0.3 is 14.8 Å². The largest absolute Gasteiger partial charge is 0.464 e. The Morgan fingerprint density at radius 3 is 2.81 bits per heavy atom. The van der Waals surface area contributed by atoms with Gasteiger partial charge in [0.05, 0.1) is 12.7 Å². The van der Waals surface area contributed by atoms with Gasteiger partial charge in [-0.2, -0.15) is 0 Å². The van der Waals surface area contributed by atoms with Gasteiger partial charge in [-0.05, 0) is 38.3 Å². The van der Waals surface area contributed by atoms with Crippen LogP contribution >= 0.6 is 0 Å². The summed E-state index contributed by atoms with van der Waals surface area (Å²) in [5.41, 5.74) is 1.30. The number of methoxy groups -OCH3 is 1. The van der Waals surface area contributed by atoms with Crippen LogP contribution in [0.5, 0.6) is 0 Å². The molecule has 0 spiro atoms. The van der Waals surface area contributed by atoms with Crippen molar-refractivity contribution in [1.82, 2.24) is 0 Å². The summed E-state index contributed by atoms with van der Waals surface area (Å²) in [5, 5.41) is 3.45. The Morgan fingerprint density at radius 2 is 2.14 bits per heavy atom. The van der Waals surface area contributed by atoms with E-state index in [1.54, 1.807) is 7.11 Å². The topological polar surface area (TPSA) is 47.6 Å². The van der Waals surface area contributed by atoms with Gasteiger partial charge in [-0.25, -0.2) is 4.79 Å². The van der Waals surface area contributed by atoms with Crippen molar-refractivity contribution >= 4 is 11.7 Å². The van der Waals surface area contributed by atoms with Crippen LogP contribution in [0.2, 0.25) is 0 Å². The van der Waals surface area contributed by atoms with E-state index in [9.17, 15) is 4.79 Å². The number of esters is 1. The van der Waals surface area contributed by atoms with Crippen LogP contribution in [0.15, 0.2) is 24.3 Å². The van der Waals surface area contributed by atoms with Crippen LogP contribution in [0.4, 0.5) is 5.69 Å². The van der Waals surface area contributed by atoms with Crippen molar-refractivity contribution < 1.29 is 14.3 Å². The molecule has 0 saturated heterocycles. The molecule has 4 nitrogen and oxygen atoms in total. The minimum Gasteiger partial charge on any atom is -0.464 e. The third-order valence-electron chi connectivity index (χ3n) is 4.26. The molecule has 1 fully saturated rings. The summed E-state index contributed by atoms with van der Waals surface area (Å²) >= 11 is 0. The van der Waals surface area contributed by atoms with Gasteiger partial charge in [-0.3, -0.25) is 0 Å². The molecule has 0 heterocycles. The maximum absolute atomic E-state index is 12.6. The average molecular weight is 291 g/mol. The number of benzene rings is 1. The number of para-hydroxylation sites is 1. The number of nitrogens with one attached hydrogen (secondary N) is 1. The van der Waals surface area contributed by atoms with Crippen molar-refractivity contribution in [2.24, 2.45) is 0 Å². The zero-order valence-electron chi connectivity index (χ0n) is 13.1. The highest BCUT2D eigenvalue weighted by Gasteiger charge is 2.49. The van der Waals surface area contributed by atoms with Gasteiger partial charge in [-0.15, -0.1) is 0 Å². The van der Waals surface area contributed by atoms with E-state index in [1.807, 2.05) is 38.1 Å². The molecular formula is C17H25NO3. The number of rotatable bonds is 5. The minimum atomic E-state index is -0.783. The predicted molar refractivity (Wildman–Crippen MR) is 83.4 cm³/mol. The van der Waals surface area contributed by atoms with Crippen molar-refractivity contribution in [2.45, 2.75) is 51.2 Å². The lowest BCUT2D eigenvalue weighted by Gasteiger charge is -2.42. The Bertz CT molecular complexity index is 489. The van der Waals surface area contributed by atoms with Gasteiger partial charge in [0.25, 0.3) is 0 Å². The fraction of sp³-hybridized carbons (Fsp3) is 0.588. The summed E-state index contributed by atoms with van der Waals surface area (Å²) in [4.78, 5) is 12.6. The normalized spacial score (nSPS) is 25.4. The lowest BCUT2D eigenvalue weighted by atomic mass is 9.78. The van der Waals surface area contributed by atoms with Crippen LogP contribution in [0, 0.1) is 6.92 Å². The number of ether oxygens (including phenoxy) is 2. The molecule has 0 amide bonds. The first-order valence-corrected chi connectivity index (χ1v) is 7.68. The van der Waals surface area contributed by atoms with E-state index in [0.717, 1.165) is 36.9 Å². The van der Waals surface area contributed by atoms with Crippen molar-refractivity contribution in [3.8, 4) is 0 Å². The van der Waals surface area contributed by atoms with Crippen LogP contribution in [0.25, 0.3) is 0 Å². The first kappa shape index (κ1) is 15.8. The summed E-state index contributed by atoms with van der Waals surface area (Å²) in [7, 11) is 1.67. The van der Waals surface area contributed by atoms with Crippen molar-refractivity contribution in [1.29, 1.82) is 0 Å². The molecule has 1 aromatic rings. The quantitative estimate of drug-likeness (QED) is 0.846. The van der Waals surface area contributed by atoms with E-state index in [0.29, 0.717) is 6.61 Å². The van der Waals surface area contributed by atoms with Crippen LogP contribution in [0.1, 0.15) is 38.2 Å². The molecule has 1 saturated carbocycles. The number of hydrogen-bond acceptors (Lipinski definition) is 4. The van der Waals surface area contributed by atoms with Crippen molar-refractivity contribution in [2.75, 3.05) is 19.0 Å². The Hall–Kier alpha value is -1.55. The van der Waals surface area contributed by atoms with Gasteiger partial charge in [0, 0.05) is 12.8 Å². The summed E-state index contributed by atoms with van der Waals surface area (Å²) in [5.74, 6) is -0.209. The minimum absolute atomic E-state index is 0.162. The van der Waals surface area contributed by atoms with Crippen molar-refractivity contribution in [3.05, 3.63) is 29.8 Å². The van der Waals surface area contributed by atoms with E-state index >= 15 is 0 Å². The van der Waals surface area contributed by atoms with Crippen LogP contribution < -0.4 is 5.32 Å². The molecule has 1 N–H and O–H groups in total. The van der Waals surface area contributed by atoms with E-state index in [4.69, 9.17) is 9.47 Å². The van der Waals surface area contributed by atoms with E-state index in [1.165, 1.54) is 0 Å². The number of aryl methyl sites for hydroxylation is 1. The Labute approximate surface area is 126 Å². The molecule has 4 heteroatoms. The van der Waals surface area contributed by atoms with Gasteiger partial charge in [-0.1, -0.05) is 31.0 Å². The SMILES string of the molecule is CCOC(=O)C1(Nc2ccccc2C)CCCCC1OC. The monoisotopic (exact) mass is 291 g/mol. The maximum Gasteiger partial charge on any atom is 0.334 e. The molecule has 0 radical (unpaired) electrons. The highest BCUT2D eigenvalue weighted by molar-refractivity contribution is 5.86. The standard InChI is InChI=1S/C17H25NO3/c1-4-21-16(19)17(12-8-7-11-15(17)20-3)18-14-10-6-5-9-13(14)2/h5-6,9-10,15,18H,4,7-8,11-12H2,1-3H3. The summed E-state index contributed by atoms with van der Waals surface area (Å²) in [6.07, 6.45) is 3.52. The summed E-state index contributed by atoms with van der Waals surface area (Å²) in [6, 6.07) is 7.99. The third kappa shape index (κ3) is 3.21. The predicted octanol–water partition coefficient (Wildman–Crippen LogP) is 3.30. The fourth-order valence-electron chi connectivity index (χ4n) is 3.10. The van der Waals surface area contributed by atoms with Gasteiger partial charge in [0.2, 0.25) is 0 Å². The summed E-state index contributed by atoms with van der Waals surface area (Å²) < 4.78 is 11.0. The second-order valence-corrected chi connectivity index (χ2v) is 5.60. The van der Waals surface area contributed by atoms with Gasteiger partial charge in [0.15, 0.2) is 5.54 Å². The first-order valence-electron chi connectivity index (χ1n) is 7.68. The smallest absolute Gasteiger partial charge is 0.334 e. The Balaban J connectivity index is 2.35.